The summed E-state index contributed by atoms with van der Waals surface area (Å²) in [6.45, 7) is 9.51. The first-order chi connectivity index (χ1) is 26.3. The molecule has 55 heavy (non-hydrogen) atoms. The molecule has 4 amide bonds. The molecule has 2 aliphatic rings. The number of carbonyl (C=O) groups excluding carboxylic acids is 3. The Morgan fingerprint density at radius 1 is 0.891 bits per heavy atom. The van der Waals surface area contributed by atoms with E-state index in [-0.39, 0.29) is 29.3 Å². The van der Waals surface area contributed by atoms with Gasteiger partial charge in [0.2, 0.25) is 5.91 Å². The zero-order valence-corrected chi connectivity index (χ0v) is 32.1. The first kappa shape index (κ1) is 38.9. The average Bonchev–Trinajstić information content (AvgIpc) is 3.18. The summed E-state index contributed by atoms with van der Waals surface area (Å²) in [5.41, 5.74) is 0.273. The van der Waals surface area contributed by atoms with Crippen molar-refractivity contribution in [2.24, 2.45) is 5.92 Å². The highest BCUT2D eigenvalue weighted by atomic mass is 19.1. The predicted octanol–water partition coefficient (Wildman–Crippen LogP) is 5.78. The molecule has 2 aliphatic heterocycles. The van der Waals surface area contributed by atoms with Gasteiger partial charge >= 0.3 is 12.1 Å². The normalized spacial score (nSPS) is 15.7. The Kier molecular flexibility index (Phi) is 11.5. The summed E-state index contributed by atoms with van der Waals surface area (Å²) in [6, 6.07) is 16.0. The van der Waals surface area contributed by atoms with Crippen LogP contribution in [0.5, 0.6) is 11.5 Å². The van der Waals surface area contributed by atoms with E-state index in [1.54, 1.807) is 54.3 Å². The van der Waals surface area contributed by atoms with E-state index in [0.29, 0.717) is 85.9 Å². The number of piperidine rings is 1. The maximum atomic E-state index is 14.4. The van der Waals surface area contributed by atoms with Crippen LogP contribution in [0, 0.1) is 11.7 Å². The Morgan fingerprint density at radius 3 is 2.20 bits per heavy atom. The second kappa shape index (κ2) is 16.2. The second-order valence-electron chi connectivity index (χ2n) is 14.6. The number of fused-ring (bicyclic) bond motifs is 1. The van der Waals surface area contributed by atoms with E-state index in [1.165, 1.54) is 48.1 Å². The molecular formula is C40H48FN7O7. The fourth-order valence-electron chi connectivity index (χ4n) is 7.00. The second-order valence-corrected chi connectivity index (χ2v) is 14.6. The SMILES string of the molecule is COc1ccc(N(C(=O)Nc2ccc(F)cc2)C(C)c2nc3ccccc3c(=O)n2N2CCN(C(=O)C3CCN(C(=O)OC(C)(C)C)CC3)CC2)c(OC)c1. The van der Waals surface area contributed by atoms with Crippen LogP contribution in [-0.4, -0.2) is 96.6 Å². The van der Waals surface area contributed by atoms with E-state index in [0.717, 1.165) is 0 Å². The van der Waals surface area contributed by atoms with E-state index in [9.17, 15) is 23.6 Å². The highest BCUT2D eigenvalue weighted by Crippen LogP contribution is 2.37. The Bertz CT molecular complexity index is 2090. The first-order valence-corrected chi connectivity index (χ1v) is 18.4. The topological polar surface area (TPSA) is 139 Å². The van der Waals surface area contributed by atoms with Crippen molar-refractivity contribution in [3.8, 4) is 11.5 Å². The number of ether oxygens (including phenoxy) is 3. The molecule has 1 unspecified atom stereocenters. The van der Waals surface area contributed by atoms with Gasteiger partial charge < -0.3 is 34.3 Å². The minimum absolute atomic E-state index is 0.0244. The van der Waals surface area contributed by atoms with Gasteiger partial charge in [-0.15, -0.1) is 0 Å². The molecule has 6 rings (SSSR count). The molecule has 3 heterocycles. The molecule has 0 spiro atoms. The summed E-state index contributed by atoms with van der Waals surface area (Å²) in [5.74, 6) is 0.475. The Labute approximate surface area is 319 Å². The summed E-state index contributed by atoms with van der Waals surface area (Å²) < 4.78 is 31.9. The molecule has 2 saturated heterocycles. The van der Waals surface area contributed by atoms with Gasteiger partial charge in [-0.1, -0.05) is 12.1 Å². The van der Waals surface area contributed by atoms with E-state index < -0.39 is 23.5 Å². The molecule has 4 aromatic rings. The van der Waals surface area contributed by atoms with Crippen molar-refractivity contribution in [2.75, 3.05) is 68.7 Å². The van der Waals surface area contributed by atoms with E-state index in [1.807, 2.05) is 30.7 Å². The van der Waals surface area contributed by atoms with Gasteiger partial charge in [-0.05, 0) is 89.1 Å². The maximum Gasteiger partial charge on any atom is 0.410 e. The van der Waals surface area contributed by atoms with Crippen LogP contribution >= 0.6 is 0 Å². The lowest BCUT2D eigenvalue weighted by atomic mass is 9.95. The van der Waals surface area contributed by atoms with Crippen LogP contribution in [0.15, 0.2) is 71.5 Å². The van der Waals surface area contributed by atoms with Crippen LogP contribution in [0.1, 0.15) is 52.4 Å². The third kappa shape index (κ3) is 8.60. The van der Waals surface area contributed by atoms with Crippen molar-refractivity contribution in [3.63, 3.8) is 0 Å². The van der Waals surface area contributed by atoms with Crippen molar-refractivity contribution in [2.45, 2.75) is 52.2 Å². The lowest BCUT2D eigenvalue weighted by Gasteiger charge is -2.41. The van der Waals surface area contributed by atoms with Crippen molar-refractivity contribution in [1.82, 2.24) is 19.5 Å². The number of hydrogen-bond donors (Lipinski definition) is 1. The van der Waals surface area contributed by atoms with E-state index >= 15 is 0 Å². The predicted molar refractivity (Wildman–Crippen MR) is 207 cm³/mol. The van der Waals surface area contributed by atoms with Gasteiger partial charge in [0, 0.05) is 43.9 Å². The van der Waals surface area contributed by atoms with Crippen molar-refractivity contribution >= 4 is 40.3 Å². The number of methoxy groups -OCH3 is 2. The molecule has 0 bridgehead atoms. The number of para-hydroxylation sites is 1. The Balaban J connectivity index is 1.29. The van der Waals surface area contributed by atoms with Crippen LogP contribution in [-0.2, 0) is 9.53 Å². The third-order valence-electron chi connectivity index (χ3n) is 9.85. The number of hydrogen-bond acceptors (Lipinski definition) is 9. The van der Waals surface area contributed by atoms with Crippen LogP contribution in [0.4, 0.5) is 25.4 Å². The number of benzene rings is 3. The van der Waals surface area contributed by atoms with Gasteiger partial charge in [0.15, 0.2) is 5.82 Å². The first-order valence-electron chi connectivity index (χ1n) is 18.4. The van der Waals surface area contributed by atoms with Gasteiger partial charge in [-0.3, -0.25) is 14.5 Å². The fraction of sp³-hybridized carbons (Fsp3) is 0.425. The smallest absolute Gasteiger partial charge is 0.410 e. The van der Waals surface area contributed by atoms with E-state index in [4.69, 9.17) is 19.2 Å². The zero-order valence-electron chi connectivity index (χ0n) is 32.1. The number of anilines is 2. The number of piperazine rings is 1. The van der Waals surface area contributed by atoms with Gasteiger partial charge in [-0.2, -0.15) is 0 Å². The Hall–Kier alpha value is -5.86. The average molecular weight is 758 g/mol. The molecule has 15 heteroatoms. The zero-order chi connectivity index (χ0) is 39.4. The van der Waals surface area contributed by atoms with Crippen molar-refractivity contribution in [1.29, 1.82) is 0 Å². The molecule has 292 valence electrons. The van der Waals surface area contributed by atoms with Crippen LogP contribution in [0.2, 0.25) is 0 Å². The fourth-order valence-corrected chi connectivity index (χ4v) is 7.00. The molecule has 3 aromatic carbocycles. The molecule has 1 atom stereocenters. The summed E-state index contributed by atoms with van der Waals surface area (Å²) in [4.78, 5) is 64.9. The number of nitrogens with zero attached hydrogens (tertiary/aromatic N) is 6. The van der Waals surface area contributed by atoms with Gasteiger partial charge in [0.25, 0.3) is 5.56 Å². The molecular weight excluding hydrogens is 709 g/mol. The number of urea groups is 1. The number of carbonyl (C=O) groups is 3. The molecule has 0 saturated carbocycles. The number of nitrogens with one attached hydrogen (secondary N) is 1. The monoisotopic (exact) mass is 757 g/mol. The minimum Gasteiger partial charge on any atom is -0.497 e. The molecule has 14 nitrogen and oxygen atoms in total. The minimum atomic E-state index is -0.866. The lowest BCUT2D eigenvalue weighted by molar-refractivity contribution is -0.137. The summed E-state index contributed by atoms with van der Waals surface area (Å²) in [5, 5.41) is 5.11. The number of amides is 4. The van der Waals surface area contributed by atoms with Crippen molar-refractivity contribution < 1.29 is 33.0 Å². The number of halogens is 1. The highest BCUT2D eigenvalue weighted by molar-refractivity contribution is 6.03. The standard InChI is InChI=1S/C40H48FN7O7/c1-26(47(33-16-15-30(53-5)25-34(33)54-6)38(51)42-29-13-11-28(41)12-14-29)35-43-32-10-8-7-9-31(32)37(50)48(35)46-23-21-44(22-24-46)36(49)27-17-19-45(20-18-27)39(52)55-40(2,3)4/h7-16,25-27H,17-24H2,1-6H3,(H,42,51). The van der Waals surface area contributed by atoms with Crippen LogP contribution in [0.3, 0.4) is 0 Å². The summed E-state index contributed by atoms with van der Waals surface area (Å²) >= 11 is 0. The number of likely N-dealkylation sites (tertiary alicyclic amines) is 1. The van der Waals surface area contributed by atoms with Gasteiger partial charge in [0.05, 0.1) is 49.9 Å². The molecule has 0 radical (unpaired) electrons. The quantitative estimate of drug-likeness (QED) is 0.237. The molecule has 2 fully saturated rings. The number of rotatable bonds is 8. The molecule has 1 aromatic heterocycles. The maximum absolute atomic E-state index is 14.4. The Morgan fingerprint density at radius 2 is 1.56 bits per heavy atom. The van der Waals surface area contributed by atoms with Crippen LogP contribution < -0.4 is 30.3 Å². The highest BCUT2D eigenvalue weighted by Gasteiger charge is 2.36. The van der Waals surface area contributed by atoms with Gasteiger partial charge in [0.1, 0.15) is 22.9 Å². The van der Waals surface area contributed by atoms with Crippen molar-refractivity contribution in [3.05, 3.63) is 88.7 Å². The molecule has 1 N–H and O–H groups in total. The number of aromatic nitrogens is 2. The molecule has 0 aliphatic carbocycles. The largest absolute Gasteiger partial charge is 0.497 e. The van der Waals surface area contributed by atoms with Gasteiger partial charge in [-0.25, -0.2) is 23.6 Å². The van der Waals surface area contributed by atoms with E-state index in [2.05, 4.69) is 5.32 Å². The summed E-state index contributed by atoms with van der Waals surface area (Å²) in [6.07, 6.45) is 0.709. The third-order valence-corrected chi connectivity index (χ3v) is 9.85. The van der Waals surface area contributed by atoms with Crippen LogP contribution in [0.25, 0.3) is 10.9 Å². The lowest BCUT2D eigenvalue weighted by Crippen LogP contribution is -2.58. The summed E-state index contributed by atoms with van der Waals surface area (Å²) in [7, 11) is 3.00.